The van der Waals surface area contributed by atoms with E-state index in [2.05, 4.69) is 22.4 Å². The van der Waals surface area contributed by atoms with E-state index < -0.39 is 0 Å². The number of nitrogens with one attached hydrogen (secondary N) is 1. The van der Waals surface area contributed by atoms with Crippen molar-refractivity contribution in [1.82, 2.24) is 19.2 Å². The summed E-state index contributed by atoms with van der Waals surface area (Å²) in [5.74, 6) is 1.55. The monoisotopic (exact) mass is 481 g/mol. The molecule has 2 aromatic carbocycles. The number of unbranched alkanes of at least 4 members (excludes halogenated alkanes) is 2. The molecule has 0 aliphatic carbocycles. The van der Waals surface area contributed by atoms with Crippen LogP contribution in [0, 0.1) is 0 Å². The number of hydrogen-bond acceptors (Lipinski definition) is 7. The highest BCUT2D eigenvalue weighted by Crippen LogP contribution is 2.26. The van der Waals surface area contributed by atoms with E-state index in [0.717, 1.165) is 24.8 Å². The van der Waals surface area contributed by atoms with E-state index in [1.807, 2.05) is 28.7 Å². The maximum absolute atomic E-state index is 13.1. The lowest BCUT2D eigenvalue weighted by Crippen LogP contribution is -2.23. The Bertz CT molecular complexity index is 1360. The van der Waals surface area contributed by atoms with Crippen LogP contribution in [-0.4, -0.2) is 45.0 Å². The van der Waals surface area contributed by atoms with E-state index in [1.54, 1.807) is 37.0 Å². The molecule has 0 saturated carbocycles. The van der Waals surface area contributed by atoms with Crippen LogP contribution < -0.4 is 20.3 Å². The van der Waals surface area contributed by atoms with E-state index in [0.29, 0.717) is 40.1 Å². The Hall–Kier alpha value is -3.53. The van der Waals surface area contributed by atoms with Crippen molar-refractivity contribution in [2.45, 2.75) is 37.9 Å². The fourth-order valence-electron chi connectivity index (χ4n) is 3.76. The van der Waals surface area contributed by atoms with E-state index in [-0.39, 0.29) is 17.2 Å². The number of nitrogens with zero attached hydrogens (tertiary/aromatic N) is 4. The molecular formula is C24H27N5O4S. The molecule has 34 heavy (non-hydrogen) atoms. The van der Waals surface area contributed by atoms with Crippen LogP contribution in [0.25, 0.3) is 16.7 Å². The van der Waals surface area contributed by atoms with Crippen molar-refractivity contribution in [3.05, 3.63) is 52.8 Å². The second-order valence-electron chi connectivity index (χ2n) is 7.74. The number of rotatable bonds is 10. The van der Waals surface area contributed by atoms with Crippen LogP contribution in [0.4, 0.5) is 5.69 Å². The molecule has 0 fully saturated rings. The van der Waals surface area contributed by atoms with Crippen molar-refractivity contribution in [2.75, 3.05) is 25.3 Å². The van der Waals surface area contributed by atoms with Gasteiger partial charge in [-0.1, -0.05) is 43.7 Å². The minimum absolute atomic E-state index is 0.0760. The number of carbonyl (C=O) groups is 1. The van der Waals surface area contributed by atoms with Gasteiger partial charge in [0.1, 0.15) is 11.5 Å². The number of thioether (sulfide) groups is 1. The normalized spacial score (nSPS) is 11.1. The summed E-state index contributed by atoms with van der Waals surface area (Å²) in [5, 5.41) is 12.6. The number of hydrogen-bond donors (Lipinski definition) is 1. The van der Waals surface area contributed by atoms with Crippen molar-refractivity contribution in [3.8, 4) is 11.5 Å². The molecule has 0 atom stereocenters. The lowest BCUT2D eigenvalue weighted by molar-refractivity contribution is -0.113. The van der Waals surface area contributed by atoms with Gasteiger partial charge in [0.2, 0.25) is 11.7 Å². The predicted octanol–water partition coefficient (Wildman–Crippen LogP) is 3.98. The molecule has 0 radical (unpaired) electrons. The van der Waals surface area contributed by atoms with Crippen molar-refractivity contribution >= 4 is 40.0 Å². The van der Waals surface area contributed by atoms with Gasteiger partial charge in [0, 0.05) is 30.4 Å². The highest BCUT2D eigenvalue weighted by atomic mass is 32.2. The van der Waals surface area contributed by atoms with Gasteiger partial charge in [0.05, 0.1) is 30.9 Å². The van der Waals surface area contributed by atoms with Gasteiger partial charge < -0.3 is 14.8 Å². The van der Waals surface area contributed by atoms with Crippen LogP contribution in [0.3, 0.4) is 0 Å². The van der Waals surface area contributed by atoms with Gasteiger partial charge >= 0.3 is 0 Å². The van der Waals surface area contributed by atoms with Gasteiger partial charge in [-0.3, -0.25) is 18.6 Å². The average molecular weight is 482 g/mol. The molecule has 0 aliphatic rings. The summed E-state index contributed by atoms with van der Waals surface area (Å²) in [6, 6.07) is 12.6. The molecule has 1 N–H and O–H groups in total. The molecule has 178 valence electrons. The van der Waals surface area contributed by atoms with E-state index in [9.17, 15) is 9.59 Å². The van der Waals surface area contributed by atoms with Gasteiger partial charge in [-0.2, -0.15) is 0 Å². The number of ether oxygens (including phenoxy) is 2. The Balaban J connectivity index is 1.60. The zero-order valence-corrected chi connectivity index (χ0v) is 20.2. The lowest BCUT2D eigenvalue weighted by Gasteiger charge is -2.11. The molecule has 10 heteroatoms. The smallest absolute Gasteiger partial charge is 0.262 e. The summed E-state index contributed by atoms with van der Waals surface area (Å²) in [7, 11) is 3.11. The van der Waals surface area contributed by atoms with Gasteiger partial charge in [-0.15, -0.1) is 10.2 Å². The Morgan fingerprint density at radius 2 is 1.79 bits per heavy atom. The SMILES string of the molecule is CCCCCn1c(=O)c2ccccc2n2c(SCC(=O)Nc3cc(OC)cc(OC)c3)nnc12. The third-order valence-electron chi connectivity index (χ3n) is 5.43. The number of anilines is 1. The van der Waals surface area contributed by atoms with E-state index >= 15 is 0 Å². The third-order valence-corrected chi connectivity index (χ3v) is 6.36. The Morgan fingerprint density at radius 3 is 2.50 bits per heavy atom. The quantitative estimate of drug-likeness (QED) is 0.270. The first-order valence-electron chi connectivity index (χ1n) is 11.1. The topological polar surface area (TPSA) is 99.8 Å². The van der Waals surface area contributed by atoms with Gasteiger partial charge in [0.15, 0.2) is 5.16 Å². The molecule has 1 amide bonds. The molecule has 4 rings (SSSR count). The first-order valence-corrected chi connectivity index (χ1v) is 12.1. The van der Waals surface area contributed by atoms with E-state index in [1.165, 1.54) is 11.8 Å². The summed E-state index contributed by atoms with van der Waals surface area (Å²) in [6.45, 7) is 2.69. The molecule has 0 aliphatic heterocycles. The minimum atomic E-state index is -0.211. The average Bonchev–Trinajstić information content (AvgIpc) is 3.28. The highest BCUT2D eigenvalue weighted by Gasteiger charge is 2.17. The fourth-order valence-corrected chi connectivity index (χ4v) is 4.50. The molecule has 4 aromatic rings. The van der Waals surface area contributed by atoms with Crippen molar-refractivity contribution in [1.29, 1.82) is 0 Å². The Morgan fingerprint density at radius 1 is 1.06 bits per heavy atom. The lowest BCUT2D eigenvalue weighted by atomic mass is 10.2. The number of benzene rings is 2. The standard InChI is InChI=1S/C24H27N5O4S/c1-4-5-8-11-28-22(31)19-9-6-7-10-20(19)29-23(28)26-27-24(29)34-15-21(30)25-16-12-17(32-2)14-18(13-16)33-3/h6-7,9-10,12-14H,4-5,8,11,15H2,1-3H3,(H,25,30). The van der Waals surface area contributed by atoms with Crippen LogP contribution >= 0.6 is 11.8 Å². The summed E-state index contributed by atoms with van der Waals surface area (Å²) >= 11 is 1.26. The Kier molecular flexibility index (Phi) is 7.36. The number of amides is 1. The van der Waals surface area contributed by atoms with Crippen molar-refractivity contribution in [3.63, 3.8) is 0 Å². The molecule has 9 nitrogen and oxygen atoms in total. The van der Waals surface area contributed by atoms with Gasteiger partial charge in [-0.05, 0) is 18.6 Å². The first-order chi connectivity index (χ1) is 16.5. The van der Waals surface area contributed by atoms with E-state index in [4.69, 9.17) is 9.47 Å². The molecule has 0 spiro atoms. The summed E-state index contributed by atoms with van der Waals surface area (Å²) in [5.41, 5.74) is 1.22. The van der Waals surface area contributed by atoms with Crippen molar-refractivity contribution in [2.24, 2.45) is 0 Å². The molecule has 0 bridgehead atoms. The second-order valence-corrected chi connectivity index (χ2v) is 8.68. The summed E-state index contributed by atoms with van der Waals surface area (Å²) < 4.78 is 14.0. The number of methoxy groups -OCH3 is 2. The highest BCUT2D eigenvalue weighted by molar-refractivity contribution is 7.99. The maximum Gasteiger partial charge on any atom is 0.262 e. The maximum atomic E-state index is 13.1. The predicted molar refractivity (Wildman–Crippen MR) is 133 cm³/mol. The summed E-state index contributed by atoms with van der Waals surface area (Å²) in [6.07, 6.45) is 2.96. The molecule has 0 unspecified atom stereocenters. The van der Waals surface area contributed by atoms with Gasteiger partial charge in [-0.25, -0.2) is 0 Å². The minimum Gasteiger partial charge on any atom is -0.497 e. The van der Waals surface area contributed by atoms with Crippen LogP contribution in [0.2, 0.25) is 0 Å². The first kappa shape index (κ1) is 23.6. The van der Waals surface area contributed by atoms with Crippen LogP contribution in [0.5, 0.6) is 11.5 Å². The number of aryl methyl sites for hydroxylation is 1. The third kappa shape index (κ3) is 4.86. The largest absolute Gasteiger partial charge is 0.497 e. The van der Waals surface area contributed by atoms with Gasteiger partial charge in [0.25, 0.3) is 5.56 Å². The Labute approximate surface area is 201 Å². The molecule has 0 saturated heterocycles. The summed E-state index contributed by atoms with van der Waals surface area (Å²) in [4.78, 5) is 25.8. The number of carbonyl (C=O) groups excluding carboxylic acids is 1. The van der Waals surface area contributed by atoms with Crippen LogP contribution in [-0.2, 0) is 11.3 Å². The van der Waals surface area contributed by atoms with Crippen LogP contribution in [0.15, 0.2) is 52.4 Å². The fraction of sp³-hybridized carbons (Fsp3) is 0.333. The zero-order valence-electron chi connectivity index (χ0n) is 19.4. The van der Waals surface area contributed by atoms with Crippen molar-refractivity contribution < 1.29 is 14.3 Å². The number of aromatic nitrogens is 4. The molecular weight excluding hydrogens is 454 g/mol. The molecule has 2 heterocycles. The zero-order chi connectivity index (χ0) is 24.1. The number of para-hydroxylation sites is 1. The molecule has 2 aromatic heterocycles. The van der Waals surface area contributed by atoms with Crippen LogP contribution in [0.1, 0.15) is 26.2 Å². The number of fused-ring (bicyclic) bond motifs is 3. The second kappa shape index (κ2) is 10.6.